The molecule has 1 aliphatic rings. The number of rotatable bonds is 3. The van der Waals surface area contributed by atoms with Crippen molar-refractivity contribution < 1.29 is 4.79 Å². The minimum atomic E-state index is 0. The molecule has 2 N–H and O–H groups in total. The third-order valence-electron chi connectivity index (χ3n) is 4.37. The molecule has 0 aromatic carbocycles. The Kier molecular flexibility index (Phi) is 7.29. The molecule has 1 fully saturated rings. The van der Waals surface area contributed by atoms with Gasteiger partial charge in [-0.25, -0.2) is 4.98 Å². The highest BCUT2D eigenvalue weighted by atomic mass is 35.5. The lowest BCUT2D eigenvalue weighted by Crippen LogP contribution is -2.32. The molecule has 1 aromatic heterocycles. The molecular weight excluding hydrogens is 318 g/mol. The minimum Gasteiger partial charge on any atom is -0.337 e. The number of halogens is 1. The average molecular weight is 346 g/mol. The molecule has 0 saturated carbocycles. The fourth-order valence-electron chi connectivity index (χ4n) is 2.97. The van der Waals surface area contributed by atoms with Gasteiger partial charge in [0.15, 0.2) is 0 Å². The van der Waals surface area contributed by atoms with Crippen molar-refractivity contribution in [3.05, 3.63) is 16.1 Å². The summed E-state index contributed by atoms with van der Waals surface area (Å²) in [6.45, 7) is 9.19. The average Bonchev–Trinajstić information content (AvgIpc) is 2.72. The first kappa shape index (κ1) is 19.4. The van der Waals surface area contributed by atoms with Gasteiger partial charge in [0.25, 0.3) is 5.91 Å². The molecule has 126 valence electrons. The van der Waals surface area contributed by atoms with Crippen LogP contribution in [0.4, 0.5) is 0 Å². The molecule has 4 nitrogen and oxygen atoms in total. The summed E-state index contributed by atoms with van der Waals surface area (Å²) in [4.78, 5) is 19.0. The van der Waals surface area contributed by atoms with Crippen LogP contribution in [0.5, 0.6) is 0 Å². The van der Waals surface area contributed by atoms with Crippen molar-refractivity contribution in [1.29, 1.82) is 0 Å². The molecular formula is C16H28ClN3OS. The fraction of sp³-hybridized carbons (Fsp3) is 0.750. The Morgan fingerprint density at radius 1 is 1.41 bits per heavy atom. The zero-order valence-electron chi connectivity index (χ0n) is 13.8. The zero-order valence-corrected chi connectivity index (χ0v) is 15.4. The highest BCUT2D eigenvalue weighted by Crippen LogP contribution is 2.34. The van der Waals surface area contributed by atoms with Gasteiger partial charge in [0.2, 0.25) is 0 Å². The van der Waals surface area contributed by atoms with E-state index in [4.69, 9.17) is 5.73 Å². The van der Waals surface area contributed by atoms with E-state index in [1.54, 1.807) is 0 Å². The van der Waals surface area contributed by atoms with Crippen LogP contribution in [-0.2, 0) is 6.42 Å². The molecule has 1 atom stereocenters. The Balaban J connectivity index is 0.00000242. The van der Waals surface area contributed by atoms with Crippen LogP contribution in [0.15, 0.2) is 5.38 Å². The Labute approximate surface area is 143 Å². The monoisotopic (exact) mass is 345 g/mol. The Morgan fingerprint density at radius 3 is 2.77 bits per heavy atom. The second-order valence-electron chi connectivity index (χ2n) is 6.95. The van der Waals surface area contributed by atoms with Gasteiger partial charge in [0.05, 0.1) is 5.01 Å². The van der Waals surface area contributed by atoms with E-state index in [9.17, 15) is 4.79 Å². The normalized spacial score (nSPS) is 19.5. The lowest BCUT2D eigenvalue weighted by molar-refractivity contribution is 0.0750. The topological polar surface area (TPSA) is 59.2 Å². The molecule has 2 heterocycles. The molecule has 0 bridgehead atoms. The van der Waals surface area contributed by atoms with E-state index in [1.807, 2.05) is 10.3 Å². The quantitative estimate of drug-likeness (QED) is 0.913. The molecule has 1 unspecified atom stereocenters. The minimum absolute atomic E-state index is 0. The first-order chi connectivity index (χ1) is 9.91. The van der Waals surface area contributed by atoms with Crippen molar-refractivity contribution in [2.24, 2.45) is 17.1 Å². The van der Waals surface area contributed by atoms with Gasteiger partial charge in [-0.3, -0.25) is 4.79 Å². The predicted molar refractivity (Wildman–Crippen MR) is 94.8 cm³/mol. The largest absolute Gasteiger partial charge is 0.337 e. The van der Waals surface area contributed by atoms with Crippen LogP contribution in [0.1, 0.15) is 55.5 Å². The van der Waals surface area contributed by atoms with Crippen LogP contribution in [0.3, 0.4) is 0 Å². The van der Waals surface area contributed by atoms with Gasteiger partial charge < -0.3 is 10.6 Å². The molecule has 0 spiro atoms. The SMILES string of the molecule is CC(C)(C)C1CCCN(C(=O)c2csc(CCN)n2)CC1.Cl. The van der Waals surface area contributed by atoms with Crippen molar-refractivity contribution in [2.45, 2.75) is 46.5 Å². The second-order valence-corrected chi connectivity index (χ2v) is 7.89. The van der Waals surface area contributed by atoms with Gasteiger partial charge in [-0.1, -0.05) is 20.8 Å². The first-order valence-electron chi connectivity index (χ1n) is 7.85. The first-order valence-corrected chi connectivity index (χ1v) is 8.73. The van der Waals surface area contributed by atoms with Crippen LogP contribution >= 0.6 is 23.7 Å². The molecule has 1 aromatic rings. The van der Waals surface area contributed by atoms with Crippen molar-refractivity contribution in [2.75, 3.05) is 19.6 Å². The van der Waals surface area contributed by atoms with Crippen molar-refractivity contribution in [3.63, 3.8) is 0 Å². The van der Waals surface area contributed by atoms with E-state index in [0.29, 0.717) is 23.6 Å². The predicted octanol–water partition coefficient (Wildman–Crippen LogP) is 3.35. The van der Waals surface area contributed by atoms with Crippen LogP contribution in [0, 0.1) is 11.3 Å². The summed E-state index contributed by atoms with van der Waals surface area (Å²) >= 11 is 1.54. The smallest absolute Gasteiger partial charge is 0.273 e. The number of hydrogen-bond donors (Lipinski definition) is 1. The zero-order chi connectivity index (χ0) is 15.5. The summed E-state index contributed by atoms with van der Waals surface area (Å²) in [6.07, 6.45) is 4.15. The summed E-state index contributed by atoms with van der Waals surface area (Å²) < 4.78 is 0. The fourth-order valence-corrected chi connectivity index (χ4v) is 3.76. The number of nitrogens with two attached hydrogens (primary N) is 1. The number of carbonyl (C=O) groups excluding carboxylic acids is 1. The second kappa shape index (κ2) is 8.27. The Hall–Kier alpha value is -0.650. The lowest BCUT2D eigenvalue weighted by Gasteiger charge is -2.29. The van der Waals surface area contributed by atoms with E-state index in [0.717, 1.165) is 37.4 Å². The van der Waals surface area contributed by atoms with E-state index in [1.165, 1.54) is 17.8 Å². The van der Waals surface area contributed by atoms with Crippen molar-refractivity contribution in [3.8, 4) is 0 Å². The summed E-state index contributed by atoms with van der Waals surface area (Å²) in [6, 6.07) is 0. The van der Waals surface area contributed by atoms with Gasteiger partial charge in [-0.15, -0.1) is 23.7 Å². The summed E-state index contributed by atoms with van der Waals surface area (Å²) in [5.74, 6) is 0.780. The van der Waals surface area contributed by atoms with Crippen molar-refractivity contribution in [1.82, 2.24) is 9.88 Å². The number of carbonyl (C=O) groups is 1. The Morgan fingerprint density at radius 2 is 2.14 bits per heavy atom. The maximum atomic E-state index is 12.6. The number of likely N-dealkylation sites (tertiary alicyclic amines) is 1. The van der Waals surface area contributed by atoms with Gasteiger partial charge in [0, 0.05) is 24.9 Å². The van der Waals surface area contributed by atoms with E-state index in [-0.39, 0.29) is 18.3 Å². The number of aromatic nitrogens is 1. The molecule has 22 heavy (non-hydrogen) atoms. The van der Waals surface area contributed by atoms with Gasteiger partial charge in [-0.05, 0) is 37.1 Å². The number of thiazole rings is 1. The standard InChI is InChI=1S/C16H27N3OS.ClH/c1-16(2,3)12-5-4-9-19(10-7-12)15(20)13-11-21-14(18-13)6-8-17;/h11-12H,4-10,17H2,1-3H3;1H. The van der Waals surface area contributed by atoms with Gasteiger partial charge in [0.1, 0.15) is 5.69 Å². The van der Waals surface area contributed by atoms with E-state index in [2.05, 4.69) is 25.8 Å². The number of hydrogen-bond acceptors (Lipinski definition) is 4. The van der Waals surface area contributed by atoms with E-state index >= 15 is 0 Å². The highest BCUT2D eigenvalue weighted by Gasteiger charge is 2.29. The van der Waals surface area contributed by atoms with Crippen LogP contribution in [0.2, 0.25) is 0 Å². The molecule has 0 radical (unpaired) electrons. The molecule has 6 heteroatoms. The summed E-state index contributed by atoms with van der Waals surface area (Å²) in [5, 5.41) is 2.84. The number of amides is 1. The number of nitrogens with zero attached hydrogens (tertiary/aromatic N) is 2. The van der Waals surface area contributed by atoms with Crippen molar-refractivity contribution >= 4 is 29.7 Å². The van der Waals surface area contributed by atoms with E-state index < -0.39 is 0 Å². The molecule has 0 aliphatic carbocycles. The summed E-state index contributed by atoms with van der Waals surface area (Å²) in [5.41, 5.74) is 6.46. The molecule has 2 rings (SSSR count). The highest BCUT2D eigenvalue weighted by molar-refractivity contribution is 7.09. The van der Waals surface area contributed by atoms with Crippen LogP contribution in [0.25, 0.3) is 0 Å². The molecule has 1 aliphatic heterocycles. The summed E-state index contributed by atoms with van der Waals surface area (Å²) in [7, 11) is 0. The maximum absolute atomic E-state index is 12.6. The third kappa shape index (κ3) is 4.93. The van der Waals surface area contributed by atoms with Crippen LogP contribution < -0.4 is 5.73 Å². The lowest BCUT2D eigenvalue weighted by atomic mass is 9.77. The van der Waals surface area contributed by atoms with Gasteiger partial charge >= 0.3 is 0 Å². The Bertz CT molecular complexity index is 484. The third-order valence-corrected chi connectivity index (χ3v) is 5.28. The van der Waals surface area contributed by atoms with Gasteiger partial charge in [-0.2, -0.15) is 0 Å². The maximum Gasteiger partial charge on any atom is 0.273 e. The molecule has 1 amide bonds. The van der Waals surface area contributed by atoms with Crippen LogP contribution in [-0.4, -0.2) is 35.4 Å². The molecule has 1 saturated heterocycles.